The molecule has 1 heteroatoms. The van der Waals surface area contributed by atoms with Crippen LogP contribution in [0.1, 0.15) is 22.8 Å². The van der Waals surface area contributed by atoms with Crippen molar-refractivity contribution in [1.29, 1.82) is 0 Å². The third-order valence-electron chi connectivity index (χ3n) is 4.63. The molecule has 0 saturated heterocycles. The minimum atomic E-state index is -0.633. The van der Waals surface area contributed by atoms with Crippen LogP contribution in [0.25, 0.3) is 21.5 Å². The fourth-order valence-electron chi connectivity index (χ4n) is 3.48. The van der Waals surface area contributed by atoms with Crippen LogP contribution in [0.3, 0.4) is 0 Å². The van der Waals surface area contributed by atoms with Crippen LogP contribution in [0, 0.1) is 6.92 Å². The van der Waals surface area contributed by atoms with E-state index in [0.29, 0.717) is 0 Å². The van der Waals surface area contributed by atoms with Crippen LogP contribution in [0.5, 0.6) is 0 Å². The molecule has 1 atom stereocenters. The zero-order valence-corrected chi connectivity index (χ0v) is 13.0. The number of aryl methyl sites for hydroxylation is 1. The van der Waals surface area contributed by atoms with Gasteiger partial charge in [-0.3, -0.25) is 0 Å². The molecule has 1 unspecified atom stereocenters. The average Bonchev–Trinajstić information content (AvgIpc) is 2.63. The van der Waals surface area contributed by atoms with Gasteiger partial charge in [0.05, 0.1) is 0 Å². The van der Waals surface area contributed by atoms with Crippen molar-refractivity contribution < 1.29 is 5.11 Å². The highest BCUT2D eigenvalue weighted by Gasteiger charge is 2.18. The van der Waals surface area contributed by atoms with Gasteiger partial charge in [-0.15, -0.1) is 0 Å². The molecule has 1 N–H and O–H groups in total. The quantitative estimate of drug-likeness (QED) is 0.492. The monoisotopic (exact) mass is 298 g/mol. The maximum atomic E-state index is 11.1. The molecule has 0 aromatic heterocycles. The molecule has 1 nitrogen and oxygen atoms in total. The van der Waals surface area contributed by atoms with Gasteiger partial charge in [-0.05, 0) is 39.6 Å². The largest absolute Gasteiger partial charge is 0.384 e. The van der Waals surface area contributed by atoms with Crippen molar-refractivity contribution in [2.45, 2.75) is 13.0 Å². The summed E-state index contributed by atoms with van der Waals surface area (Å²) >= 11 is 0. The van der Waals surface area contributed by atoms with E-state index >= 15 is 0 Å². The van der Waals surface area contributed by atoms with E-state index in [1.54, 1.807) is 0 Å². The van der Waals surface area contributed by atoms with Crippen molar-refractivity contribution in [3.63, 3.8) is 0 Å². The summed E-state index contributed by atoms with van der Waals surface area (Å²) in [5.74, 6) is 0. The molecule has 0 bridgehead atoms. The second-order valence-corrected chi connectivity index (χ2v) is 5.94. The lowest BCUT2D eigenvalue weighted by Gasteiger charge is -2.19. The molecule has 4 aromatic rings. The van der Waals surface area contributed by atoms with Crippen molar-refractivity contribution in [2.24, 2.45) is 0 Å². The standard InChI is InChI=1S/C22H18O/c1-15-17-11-5-7-13-19(17)21(20-14-8-6-12-18(15)20)22(23)16-9-3-2-4-10-16/h2-14,22-23H,1H3. The predicted molar refractivity (Wildman–Crippen MR) is 96.7 cm³/mol. The molecule has 112 valence electrons. The van der Waals surface area contributed by atoms with E-state index in [2.05, 4.69) is 43.3 Å². The van der Waals surface area contributed by atoms with Gasteiger partial charge >= 0.3 is 0 Å². The van der Waals surface area contributed by atoms with Crippen LogP contribution in [0.4, 0.5) is 0 Å². The number of aliphatic hydroxyl groups excluding tert-OH is 1. The van der Waals surface area contributed by atoms with Crippen LogP contribution >= 0.6 is 0 Å². The highest BCUT2D eigenvalue weighted by Crippen LogP contribution is 2.37. The van der Waals surface area contributed by atoms with Crippen molar-refractivity contribution in [1.82, 2.24) is 0 Å². The van der Waals surface area contributed by atoms with Gasteiger partial charge in [-0.2, -0.15) is 0 Å². The highest BCUT2D eigenvalue weighted by molar-refractivity contribution is 6.06. The van der Waals surface area contributed by atoms with Gasteiger partial charge in [0.1, 0.15) is 6.10 Å². The van der Waals surface area contributed by atoms with Crippen molar-refractivity contribution >= 4 is 21.5 Å². The van der Waals surface area contributed by atoms with Crippen molar-refractivity contribution in [3.8, 4) is 0 Å². The van der Waals surface area contributed by atoms with Gasteiger partial charge in [-0.1, -0.05) is 78.9 Å². The molecule has 0 fully saturated rings. The Morgan fingerprint density at radius 3 is 1.57 bits per heavy atom. The molecule has 0 heterocycles. The normalized spacial score (nSPS) is 12.6. The molecular formula is C22H18O. The Morgan fingerprint density at radius 1 is 0.609 bits per heavy atom. The summed E-state index contributed by atoms with van der Waals surface area (Å²) in [6.45, 7) is 2.16. The van der Waals surface area contributed by atoms with Crippen LogP contribution in [-0.2, 0) is 0 Å². The molecule has 0 saturated carbocycles. The van der Waals surface area contributed by atoms with E-state index in [1.807, 2.05) is 42.5 Å². The Morgan fingerprint density at radius 2 is 1.04 bits per heavy atom. The van der Waals surface area contributed by atoms with Crippen LogP contribution < -0.4 is 0 Å². The summed E-state index contributed by atoms with van der Waals surface area (Å²) in [7, 11) is 0. The molecule has 0 aliphatic carbocycles. The first-order valence-electron chi connectivity index (χ1n) is 7.90. The number of fused-ring (bicyclic) bond motifs is 2. The van der Waals surface area contributed by atoms with E-state index in [0.717, 1.165) is 21.9 Å². The van der Waals surface area contributed by atoms with Crippen LogP contribution in [0.15, 0.2) is 78.9 Å². The Bertz CT molecular complexity index is 930. The van der Waals surface area contributed by atoms with E-state index in [1.165, 1.54) is 16.3 Å². The van der Waals surface area contributed by atoms with Gasteiger partial charge in [-0.25, -0.2) is 0 Å². The predicted octanol–water partition coefficient (Wildman–Crippen LogP) is 5.38. The first kappa shape index (κ1) is 14.0. The first-order valence-corrected chi connectivity index (χ1v) is 7.90. The van der Waals surface area contributed by atoms with Crippen LogP contribution in [0.2, 0.25) is 0 Å². The molecule has 0 amide bonds. The minimum Gasteiger partial charge on any atom is -0.384 e. The minimum absolute atomic E-state index is 0.633. The fraction of sp³-hybridized carbons (Fsp3) is 0.0909. The molecule has 0 aliphatic heterocycles. The summed E-state index contributed by atoms with van der Waals surface area (Å²) in [4.78, 5) is 0. The maximum absolute atomic E-state index is 11.1. The fourth-order valence-corrected chi connectivity index (χ4v) is 3.48. The molecule has 0 radical (unpaired) electrons. The first-order chi connectivity index (χ1) is 11.3. The number of aliphatic hydroxyl groups is 1. The van der Waals surface area contributed by atoms with Gasteiger partial charge in [0.15, 0.2) is 0 Å². The van der Waals surface area contributed by atoms with E-state index in [9.17, 15) is 5.11 Å². The Kier molecular flexibility index (Phi) is 3.36. The summed E-state index contributed by atoms with van der Waals surface area (Å²) < 4.78 is 0. The third-order valence-corrected chi connectivity index (χ3v) is 4.63. The molecule has 4 rings (SSSR count). The van der Waals surface area contributed by atoms with Crippen molar-refractivity contribution in [3.05, 3.63) is 95.6 Å². The number of hydrogen-bond acceptors (Lipinski definition) is 1. The van der Waals surface area contributed by atoms with Gasteiger partial charge in [0, 0.05) is 5.56 Å². The average molecular weight is 298 g/mol. The Labute approximate surface area is 135 Å². The lowest BCUT2D eigenvalue weighted by atomic mass is 9.88. The van der Waals surface area contributed by atoms with E-state index < -0.39 is 6.10 Å². The zero-order chi connectivity index (χ0) is 15.8. The van der Waals surface area contributed by atoms with Gasteiger partial charge in [0.25, 0.3) is 0 Å². The second kappa shape index (κ2) is 5.53. The highest BCUT2D eigenvalue weighted by atomic mass is 16.3. The van der Waals surface area contributed by atoms with E-state index in [4.69, 9.17) is 0 Å². The molecule has 0 aliphatic rings. The number of hydrogen-bond donors (Lipinski definition) is 1. The van der Waals surface area contributed by atoms with Gasteiger partial charge < -0.3 is 5.11 Å². The molecule has 4 aromatic carbocycles. The SMILES string of the molecule is Cc1c2ccccc2c(C(O)c2ccccc2)c2ccccc12. The molecule has 0 spiro atoms. The Hall–Kier alpha value is -2.64. The van der Waals surface area contributed by atoms with Crippen LogP contribution in [-0.4, -0.2) is 5.11 Å². The maximum Gasteiger partial charge on any atom is 0.105 e. The number of benzene rings is 4. The topological polar surface area (TPSA) is 20.2 Å². The van der Waals surface area contributed by atoms with E-state index in [-0.39, 0.29) is 0 Å². The van der Waals surface area contributed by atoms with Crippen molar-refractivity contribution in [2.75, 3.05) is 0 Å². The lowest BCUT2D eigenvalue weighted by molar-refractivity contribution is 0.223. The van der Waals surface area contributed by atoms with Gasteiger partial charge in [0.2, 0.25) is 0 Å². The number of rotatable bonds is 2. The lowest BCUT2D eigenvalue weighted by Crippen LogP contribution is -2.02. The summed E-state index contributed by atoms with van der Waals surface area (Å²) in [6.07, 6.45) is -0.633. The smallest absolute Gasteiger partial charge is 0.105 e. The third kappa shape index (κ3) is 2.21. The zero-order valence-electron chi connectivity index (χ0n) is 13.0. The summed E-state index contributed by atoms with van der Waals surface area (Å²) in [5.41, 5.74) is 3.18. The Balaban J connectivity index is 2.13. The molecular weight excluding hydrogens is 280 g/mol. The molecule has 23 heavy (non-hydrogen) atoms. The second-order valence-electron chi connectivity index (χ2n) is 5.94. The summed E-state index contributed by atoms with van der Waals surface area (Å²) in [5, 5.41) is 15.7. The summed E-state index contributed by atoms with van der Waals surface area (Å²) in [6, 6.07) is 26.6.